The lowest BCUT2D eigenvalue weighted by Crippen LogP contribution is -2.49. The van der Waals surface area contributed by atoms with Crippen molar-refractivity contribution in [3.63, 3.8) is 0 Å². The molecule has 1 aromatic rings. The van der Waals surface area contributed by atoms with Gasteiger partial charge in [-0.15, -0.1) is 0 Å². The molecule has 0 bridgehead atoms. The lowest BCUT2D eigenvalue weighted by molar-refractivity contribution is 0.127. The molecule has 2 unspecified atom stereocenters. The molecule has 0 saturated carbocycles. The van der Waals surface area contributed by atoms with Gasteiger partial charge in [0.05, 0.1) is 0 Å². The van der Waals surface area contributed by atoms with Gasteiger partial charge in [0, 0.05) is 30.8 Å². The molecule has 0 aliphatic carbocycles. The fraction of sp³-hybridized carbons (Fsp3) is 0.647. The molecule has 1 N–H and O–H groups in total. The van der Waals surface area contributed by atoms with Gasteiger partial charge >= 0.3 is 0 Å². The van der Waals surface area contributed by atoms with Crippen molar-refractivity contribution >= 4 is 0 Å². The van der Waals surface area contributed by atoms with Gasteiger partial charge in [0.25, 0.3) is 0 Å². The molecule has 0 amide bonds. The third-order valence-corrected chi connectivity index (χ3v) is 4.41. The largest absolute Gasteiger partial charge is 0.314 e. The Kier molecular flexibility index (Phi) is 6.12. The van der Waals surface area contributed by atoms with E-state index in [1.54, 1.807) is 6.07 Å². The van der Waals surface area contributed by atoms with Gasteiger partial charge in [0.1, 0.15) is 11.6 Å². The monoisotopic (exact) mass is 296 g/mol. The topological polar surface area (TPSA) is 15.3 Å². The minimum atomic E-state index is -0.509. The van der Waals surface area contributed by atoms with Gasteiger partial charge in [-0.3, -0.25) is 4.90 Å². The first-order chi connectivity index (χ1) is 10.1. The van der Waals surface area contributed by atoms with Crippen LogP contribution in [0.25, 0.3) is 0 Å². The Morgan fingerprint density at radius 2 is 2.10 bits per heavy atom. The van der Waals surface area contributed by atoms with Crippen molar-refractivity contribution in [3.8, 4) is 0 Å². The molecular formula is C17H26F2N2. The minimum Gasteiger partial charge on any atom is -0.314 e. The number of nitrogens with one attached hydrogen (secondary N) is 1. The molecule has 1 fully saturated rings. The summed E-state index contributed by atoms with van der Waals surface area (Å²) >= 11 is 0. The van der Waals surface area contributed by atoms with Crippen molar-refractivity contribution in [1.29, 1.82) is 0 Å². The number of rotatable bonds is 6. The third-order valence-electron chi connectivity index (χ3n) is 4.41. The Morgan fingerprint density at radius 1 is 1.29 bits per heavy atom. The average molecular weight is 296 g/mol. The second-order valence-corrected chi connectivity index (χ2v) is 5.99. The van der Waals surface area contributed by atoms with Crippen molar-refractivity contribution in [3.05, 3.63) is 35.4 Å². The van der Waals surface area contributed by atoms with E-state index in [4.69, 9.17) is 0 Å². The zero-order chi connectivity index (χ0) is 15.2. The summed E-state index contributed by atoms with van der Waals surface area (Å²) in [7, 11) is 0. The van der Waals surface area contributed by atoms with Crippen molar-refractivity contribution in [2.75, 3.05) is 19.6 Å². The quantitative estimate of drug-likeness (QED) is 0.863. The Labute approximate surface area is 126 Å². The van der Waals surface area contributed by atoms with E-state index in [1.165, 1.54) is 6.07 Å². The van der Waals surface area contributed by atoms with E-state index in [0.717, 1.165) is 45.0 Å². The highest BCUT2D eigenvalue weighted by Crippen LogP contribution is 2.22. The van der Waals surface area contributed by atoms with Crippen molar-refractivity contribution in [2.24, 2.45) is 5.92 Å². The van der Waals surface area contributed by atoms with Crippen LogP contribution >= 0.6 is 0 Å². The maximum Gasteiger partial charge on any atom is 0.130 e. The predicted octanol–water partition coefficient (Wildman–Crippen LogP) is 3.56. The lowest BCUT2D eigenvalue weighted by Gasteiger charge is -2.39. The highest BCUT2D eigenvalue weighted by atomic mass is 19.1. The molecule has 2 atom stereocenters. The van der Waals surface area contributed by atoms with Crippen molar-refractivity contribution < 1.29 is 8.78 Å². The number of benzene rings is 1. The van der Waals surface area contributed by atoms with Gasteiger partial charge in [-0.1, -0.05) is 26.3 Å². The molecule has 2 nitrogen and oxygen atoms in total. The molecule has 118 valence electrons. The molecule has 0 spiro atoms. The fourth-order valence-electron chi connectivity index (χ4n) is 3.15. The van der Waals surface area contributed by atoms with Crippen molar-refractivity contribution in [1.82, 2.24) is 10.2 Å². The summed E-state index contributed by atoms with van der Waals surface area (Å²) in [5.74, 6) is -0.340. The normalized spacial score (nSPS) is 23.4. The van der Waals surface area contributed by atoms with Gasteiger partial charge in [0.15, 0.2) is 0 Å². The van der Waals surface area contributed by atoms with Gasteiger partial charge in [-0.2, -0.15) is 0 Å². The smallest absolute Gasteiger partial charge is 0.130 e. The molecule has 1 aromatic carbocycles. The van der Waals surface area contributed by atoms with Crippen LogP contribution in [-0.2, 0) is 6.54 Å². The molecule has 21 heavy (non-hydrogen) atoms. The van der Waals surface area contributed by atoms with Gasteiger partial charge in [-0.05, 0) is 37.9 Å². The third kappa shape index (κ3) is 4.48. The summed E-state index contributed by atoms with van der Waals surface area (Å²) in [5.41, 5.74) is 0.589. The van der Waals surface area contributed by atoms with Crippen LogP contribution in [0, 0.1) is 17.6 Å². The molecule has 0 radical (unpaired) electrons. The highest BCUT2D eigenvalue weighted by molar-refractivity contribution is 5.18. The molecule has 0 aromatic heterocycles. The van der Waals surface area contributed by atoms with Crippen LogP contribution in [0.2, 0.25) is 0 Å². The maximum absolute atomic E-state index is 13.7. The summed E-state index contributed by atoms with van der Waals surface area (Å²) in [6, 6.07) is 4.45. The average Bonchev–Trinajstić information content (AvgIpc) is 2.48. The number of piperidine rings is 1. The Bertz CT molecular complexity index is 450. The first kappa shape index (κ1) is 16.4. The van der Waals surface area contributed by atoms with Crippen LogP contribution in [0.15, 0.2) is 18.2 Å². The van der Waals surface area contributed by atoms with Gasteiger partial charge in [-0.25, -0.2) is 8.78 Å². The van der Waals surface area contributed by atoms with E-state index < -0.39 is 11.6 Å². The molecule has 1 aliphatic heterocycles. The summed E-state index contributed by atoms with van der Waals surface area (Å²) in [5, 5.41) is 3.63. The molecule has 1 aliphatic rings. The standard InChI is InChI=1S/C17H26F2N2/c1-3-8-20-17-7-9-21(11-13(17)4-2)12-14-5-6-15(18)10-16(14)19/h5-6,10,13,17,20H,3-4,7-9,11-12H2,1-2H3. The van der Waals surface area contributed by atoms with Crippen LogP contribution in [0.4, 0.5) is 8.78 Å². The van der Waals surface area contributed by atoms with E-state index in [-0.39, 0.29) is 0 Å². The Hall–Kier alpha value is -1.00. The highest BCUT2D eigenvalue weighted by Gasteiger charge is 2.27. The first-order valence-corrected chi connectivity index (χ1v) is 8.03. The Morgan fingerprint density at radius 3 is 2.76 bits per heavy atom. The van der Waals surface area contributed by atoms with Crippen LogP contribution < -0.4 is 5.32 Å². The summed E-state index contributed by atoms with van der Waals surface area (Å²) < 4.78 is 26.7. The van der Waals surface area contributed by atoms with E-state index in [1.807, 2.05) is 0 Å². The molecule has 2 rings (SSSR count). The predicted molar refractivity (Wildman–Crippen MR) is 82.1 cm³/mol. The molecule has 1 saturated heterocycles. The summed E-state index contributed by atoms with van der Waals surface area (Å²) in [6.07, 6.45) is 3.38. The van der Waals surface area contributed by atoms with Crippen molar-refractivity contribution in [2.45, 2.75) is 45.7 Å². The number of likely N-dealkylation sites (tertiary alicyclic amines) is 1. The van der Waals surface area contributed by atoms with Crippen LogP contribution in [-0.4, -0.2) is 30.6 Å². The summed E-state index contributed by atoms with van der Waals surface area (Å²) in [6.45, 7) is 7.98. The number of hydrogen-bond acceptors (Lipinski definition) is 2. The Balaban J connectivity index is 1.94. The zero-order valence-electron chi connectivity index (χ0n) is 13.0. The van der Waals surface area contributed by atoms with Gasteiger partial charge in [0.2, 0.25) is 0 Å². The maximum atomic E-state index is 13.7. The fourth-order valence-corrected chi connectivity index (χ4v) is 3.15. The summed E-state index contributed by atoms with van der Waals surface area (Å²) in [4.78, 5) is 2.29. The second-order valence-electron chi connectivity index (χ2n) is 5.99. The SMILES string of the molecule is CCCNC1CCN(Cc2ccc(F)cc2F)CC1CC. The van der Waals surface area contributed by atoms with Crippen LogP contribution in [0.1, 0.15) is 38.7 Å². The van der Waals surface area contributed by atoms with Crippen LogP contribution in [0.3, 0.4) is 0 Å². The lowest BCUT2D eigenvalue weighted by atomic mass is 9.89. The van der Waals surface area contributed by atoms with E-state index in [0.29, 0.717) is 24.1 Å². The molecule has 1 heterocycles. The minimum absolute atomic E-state index is 0.436. The van der Waals surface area contributed by atoms with E-state index >= 15 is 0 Å². The second kappa shape index (κ2) is 7.85. The van der Waals surface area contributed by atoms with Crippen LogP contribution in [0.5, 0.6) is 0 Å². The van der Waals surface area contributed by atoms with E-state index in [2.05, 4.69) is 24.1 Å². The molecular weight excluding hydrogens is 270 g/mol. The number of halogens is 2. The number of nitrogens with zero attached hydrogens (tertiary/aromatic N) is 1. The number of hydrogen-bond donors (Lipinski definition) is 1. The zero-order valence-corrected chi connectivity index (χ0v) is 13.0. The molecule has 4 heteroatoms. The first-order valence-electron chi connectivity index (χ1n) is 8.03. The van der Waals surface area contributed by atoms with E-state index in [9.17, 15) is 8.78 Å². The van der Waals surface area contributed by atoms with Gasteiger partial charge < -0.3 is 5.32 Å².